The van der Waals surface area contributed by atoms with Crippen molar-refractivity contribution in [2.75, 3.05) is 36.8 Å². The highest BCUT2D eigenvalue weighted by Crippen LogP contribution is 2.36. The van der Waals surface area contributed by atoms with Crippen LogP contribution in [-0.4, -0.2) is 108 Å². The van der Waals surface area contributed by atoms with Crippen LogP contribution < -0.4 is 21.3 Å². The summed E-state index contributed by atoms with van der Waals surface area (Å²) in [6, 6.07) is 9.67. The fraction of sp³-hybridized carbons (Fsp3) is 0.463. The lowest BCUT2D eigenvalue weighted by Gasteiger charge is -2.36. The van der Waals surface area contributed by atoms with Gasteiger partial charge in [0.05, 0.1) is 17.5 Å². The van der Waals surface area contributed by atoms with Crippen molar-refractivity contribution < 1.29 is 28.8 Å². The molecule has 3 aliphatic heterocycles. The molecule has 1 saturated carbocycles. The Morgan fingerprint density at radius 3 is 2.50 bits per heavy atom. The third-order valence-electron chi connectivity index (χ3n) is 11.7. The van der Waals surface area contributed by atoms with Gasteiger partial charge in [0.15, 0.2) is 11.5 Å². The van der Waals surface area contributed by atoms with E-state index in [2.05, 4.69) is 45.8 Å². The van der Waals surface area contributed by atoms with Crippen LogP contribution in [-0.2, 0) is 14.4 Å². The van der Waals surface area contributed by atoms with E-state index in [9.17, 15) is 28.8 Å². The number of carbonyl (C=O) groups excluding carboxylic acids is 6. The Balaban J connectivity index is 0.733. The van der Waals surface area contributed by atoms with Gasteiger partial charge in [-0.15, -0.1) is 0 Å². The van der Waals surface area contributed by atoms with E-state index in [-0.39, 0.29) is 47.9 Å². The van der Waals surface area contributed by atoms with Crippen LogP contribution in [0.4, 0.5) is 11.5 Å². The lowest BCUT2D eigenvalue weighted by atomic mass is 9.86. The Hall–Kier alpha value is -6.26. The molecule has 1 aliphatic carbocycles. The minimum atomic E-state index is -1.01. The van der Waals surface area contributed by atoms with Crippen molar-refractivity contribution in [1.82, 2.24) is 44.9 Å². The first-order valence-electron chi connectivity index (χ1n) is 20.2. The quantitative estimate of drug-likeness (QED) is 0.107. The zero-order valence-corrected chi connectivity index (χ0v) is 32.4. The lowest BCUT2D eigenvalue weighted by Crippen LogP contribution is -2.54. The molecule has 4 aromatic rings. The third kappa shape index (κ3) is 7.97. The molecule has 58 heavy (non-hydrogen) atoms. The first-order chi connectivity index (χ1) is 28.1. The number of aryl methyl sites for hydroxylation is 1. The fourth-order valence-corrected chi connectivity index (χ4v) is 8.36. The van der Waals surface area contributed by atoms with Gasteiger partial charge in [-0.3, -0.25) is 39.0 Å². The van der Waals surface area contributed by atoms with Crippen LogP contribution in [0.5, 0.6) is 0 Å². The van der Waals surface area contributed by atoms with Crippen LogP contribution in [0.2, 0.25) is 0 Å². The molecule has 0 bridgehead atoms. The van der Waals surface area contributed by atoms with Crippen molar-refractivity contribution in [3.63, 3.8) is 0 Å². The molecule has 1 aromatic carbocycles. The van der Waals surface area contributed by atoms with Crippen molar-refractivity contribution in [1.29, 1.82) is 0 Å². The number of nitrogens with one attached hydrogen (secondary N) is 4. The maximum Gasteiger partial charge on any atom is 0.270 e. The molecule has 4 aliphatic rings. The van der Waals surface area contributed by atoms with E-state index >= 15 is 0 Å². The number of nitrogens with zero attached hydrogens (tertiary/aromatic N) is 7. The molecular formula is C41H47N11O6. The molecular weight excluding hydrogens is 743 g/mol. The topological polar surface area (TPSA) is 214 Å². The smallest absolute Gasteiger partial charge is 0.270 e. The van der Waals surface area contributed by atoms with Gasteiger partial charge in [0.1, 0.15) is 23.6 Å². The van der Waals surface area contributed by atoms with E-state index in [4.69, 9.17) is 0 Å². The molecule has 6 amide bonds. The van der Waals surface area contributed by atoms with Gasteiger partial charge < -0.3 is 25.4 Å². The summed E-state index contributed by atoms with van der Waals surface area (Å²) in [5, 5.41) is 12.1. The van der Waals surface area contributed by atoms with Gasteiger partial charge in [0.25, 0.3) is 17.7 Å². The molecule has 1 unspecified atom stereocenters. The number of likely N-dealkylation sites (tertiary alicyclic amines) is 1. The van der Waals surface area contributed by atoms with Gasteiger partial charge in [-0.1, -0.05) is 18.6 Å². The van der Waals surface area contributed by atoms with Crippen LogP contribution >= 0.6 is 0 Å². The van der Waals surface area contributed by atoms with Gasteiger partial charge in [-0.05, 0) is 82.1 Å². The number of carbonyl (C=O) groups is 6. The Kier molecular flexibility index (Phi) is 11.1. The number of aromatic nitrogens is 5. The molecule has 8 rings (SSSR count). The molecule has 302 valence electrons. The molecule has 17 nitrogen and oxygen atoms in total. The number of hydrogen-bond donors (Lipinski definition) is 4. The van der Waals surface area contributed by atoms with Crippen LogP contribution in [0.25, 0.3) is 11.2 Å². The Morgan fingerprint density at radius 2 is 1.71 bits per heavy atom. The molecule has 0 radical (unpaired) electrons. The van der Waals surface area contributed by atoms with Crippen molar-refractivity contribution in [2.24, 2.45) is 5.92 Å². The molecule has 6 heterocycles. The number of piperidine rings is 2. The number of pyridine rings is 1. The predicted molar refractivity (Wildman–Crippen MR) is 212 cm³/mol. The first kappa shape index (κ1) is 38.6. The lowest BCUT2D eigenvalue weighted by molar-refractivity contribution is -0.136. The van der Waals surface area contributed by atoms with Gasteiger partial charge >= 0.3 is 0 Å². The highest BCUT2D eigenvalue weighted by atomic mass is 16.2. The summed E-state index contributed by atoms with van der Waals surface area (Å²) in [5.74, 6) is -1.05. The summed E-state index contributed by atoms with van der Waals surface area (Å²) in [7, 11) is 0. The Labute approximate surface area is 334 Å². The molecule has 4 N–H and O–H groups in total. The standard InChI is InChI=1S/C41H47N11O6/c1-24-7-5-10-30(47-24)38(55)48-26-19-27(20-26)51-23-46-35-36(44-22-45-37(35)51)43-21-25-14-17-50(18-15-25)33(54)11-3-2-4-16-42-29-9-6-8-28-34(29)41(58)52(40(28)57)31-12-13-32(53)49-39(31)56/h5-10,22-23,25-27,31,42H,2-4,11-21H2,1H3,(H,48,55)(H,43,44,45)(H,49,53,56). The number of rotatable bonds is 14. The first-order valence-corrected chi connectivity index (χ1v) is 20.2. The van der Waals surface area contributed by atoms with Gasteiger partial charge in [0, 0.05) is 62.5 Å². The minimum absolute atomic E-state index is 0.0613. The number of hydrogen-bond acceptors (Lipinski definition) is 12. The maximum atomic E-state index is 13.3. The van der Waals surface area contributed by atoms with Crippen molar-refractivity contribution in [3.8, 4) is 0 Å². The highest BCUT2D eigenvalue weighted by Gasteiger charge is 2.45. The van der Waals surface area contributed by atoms with Crippen LogP contribution in [0.3, 0.4) is 0 Å². The van der Waals surface area contributed by atoms with E-state index in [1.807, 2.05) is 24.0 Å². The average Bonchev–Trinajstić information content (AvgIpc) is 3.75. The van der Waals surface area contributed by atoms with E-state index in [0.29, 0.717) is 49.2 Å². The number of benzene rings is 1. The number of imidazole rings is 1. The van der Waals surface area contributed by atoms with Gasteiger partial charge in [0.2, 0.25) is 17.7 Å². The Morgan fingerprint density at radius 1 is 0.897 bits per heavy atom. The number of amides is 6. The second-order valence-electron chi connectivity index (χ2n) is 15.6. The molecule has 3 aromatic heterocycles. The van der Waals surface area contributed by atoms with Gasteiger partial charge in [-0.2, -0.15) is 0 Å². The number of unbranched alkanes of at least 4 members (excludes halogenated alkanes) is 2. The predicted octanol–water partition coefficient (Wildman–Crippen LogP) is 3.39. The zero-order valence-electron chi connectivity index (χ0n) is 32.4. The molecule has 17 heteroatoms. The number of anilines is 2. The summed E-state index contributed by atoms with van der Waals surface area (Å²) in [6.07, 6.45) is 9.67. The van der Waals surface area contributed by atoms with E-state index in [1.54, 1.807) is 36.9 Å². The monoisotopic (exact) mass is 789 g/mol. The Bertz CT molecular complexity index is 2260. The van der Waals surface area contributed by atoms with E-state index < -0.39 is 29.7 Å². The second kappa shape index (κ2) is 16.7. The van der Waals surface area contributed by atoms with Crippen molar-refractivity contribution >= 4 is 58.1 Å². The minimum Gasteiger partial charge on any atom is -0.384 e. The maximum absolute atomic E-state index is 13.3. The van der Waals surface area contributed by atoms with Crippen LogP contribution in [0, 0.1) is 12.8 Å². The highest BCUT2D eigenvalue weighted by molar-refractivity contribution is 6.25. The second-order valence-corrected chi connectivity index (χ2v) is 15.6. The number of imide groups is 2. The summed E-state index contributed by atoms with van der Waals surface area (Å²) in [6.45, 7) is 4.56. The van der Waals surface area contributed by atoms with Crippen molar-refractivity contribution in [3.05, 3.63) is 71.6 Å². The van der Waals surface area contributed by atoms with E-state index in [0.717, 1.165) is 73.2 Å². The third-order valence-corrected chi connectivity index (χ3v) is 11.7. The molecule has 1 atom stereocenters. The normalized spacial score (nSPS) is 20.8. The molecule has 2 saturated heterocycles. The largest absolute Gasteiger partial charge is 0.384 e. The van der Waals surface area contributed by atoms with Crippen molar-refractivity contribution in [2.45, 2.75) is 89.3 Å². The fourth-order valence-electron chi connectivity index (χ4n) is 8.36. The molecule has 3 fully saturated rings. The number of fused-ring (bicyclic) bond motifs is 2. The molecule has 0 spiro atoms. The van der Waals surface area contributed by atoms with E-state index in [1.165, 1.54) is 0 Å². The summed E-state index contributed by atoms with van der Waals surface area (Å²) >= 11 is 0. The summed E-state index contributed by atoms with van der Waals surface area (Å²) < 4.78 is 2.07. The zero-order chi connectivity index (χ0) is 40.3. The average molecular weight is 790 g/mol. The summed E-state index contributed by atoms with van der Waals surface area (Å²) in [4.78, 5) is 97.0. The summed E-state index contributed by atoms with van der Waals surface area (Å²) in [5.41, 5.74) is 3.72. The van der Waals surface area contributed by atoms with Crippen LogP contribution in [0.15, 0.2) is 49.1 Å². The van der Waals surface area contributed by atoms with Gasteiger partial charge in [-0.25, -0.2) is 19.9 Å². The SMILES string of the molecule is Cc1cccc(C(=O)NC2CC(n3cnc4c(NCC5CCN(C(=O)CCCCCNc6cccc7c6C(=O)N(C6CCC(=O)NC6=O)C7=O)CC5)ncnc43)C2)n1. The van der Waals surface area contributed by atoms with Crippen LogP contribution in [0.1, 0.15) is 107 Å².